The smallest absolute Gasteiger partial charge is 0.407 e. The zero-order valence-corrected chi connectivity index (χ0v) is 14.9. The lowest BCUT2D eigenvalue weighted by Crippen LogP contribution is -2.33. The van der Waals surface area contributed by atoms with Crippen LogP contribution in [0.3, 0.4) is 0 Å². The van der Waals surface area contributed by atoms with Crippen LogP contribution in [0.4, 0.5) is 13.6 Å². The van der Waals surface area contributed by atoms with Crippen LogP contribution in [0.15, 0.2) is 16.6 Å². The molecule has 120 valence electrons. The van der Waals surface area contributed by atoms with E-state index < -0.39 is 17.2 Å². The number of aryl methyl sites for hydroxylation is 1. The van der Waals surface area contributed by atoms with Gasteiger partial charge in [0.1, 0.15) is 17.2 Å². The van der Waals surface area contributed by atoms with Gasteiger partial charge in [-0.15, -0.1) is 0 Å². The third kappa shape index (κ3) is 9.68. The zero-order valence-electron chi connectivity index (χ0n) is 12.5. The first kappa shape index (κ1) is 20.2. The number of hydrogen-bond donors (Lipinski definition) is 2. The second-order valence-electron chi connectivity index (χ2n) is 5.17. The van der Waals surface area contributed by atoms with Crippen molar-refractivity contribution in [2.75, 3.05) is 12.3 Å². The maximum atomic E-state index is 12.5. The summed E-state index contributed by atoms with van der Waals surface area (Å²) in [7, 11) is 0. The summed E-state index contributed by atoms with van der Waals surface area (Å²) >= 11 is 6.87. The molecule has 1 rings (SSSR count). The average molecular weight is 384 g/mol. The molecule has 21 heavy (non-hydrogen) atoms. The monoisotopic (exact) mass is 383 g/mol. The molecule has 1 amide bonds. The summed E-state index contributed by atoms with van der Waals surface area (Å²) < 4.78 is 30.2. The molecule has 1 aromatic carbocycles. The first-order valence-corrected chi connectivity index (χ1v) is 7.68. The lowest BCUT2D eigenvalue weighted by Gasteiger charge is -2.19. The molecule has 3 nitrogen and oxygen atoms in total. The number of amides is 1. The second kappa shape index (κ2) is 9.25. The number of thiol groups is 1. The van der Waals surface area contributed by atoms with E-state index in [4.69, 9.17) is 4.74 Å². The van der Waals surface area contributed by atoms with Gasteiger partial charge in [-0.1, -0.05) is 0 Å². The molecule has 0 unspecified atom stereocenters. The van der Waals surface area contributed by atoms with Gasteiger partial charge >= 0.3 is 6.09 Å². The fraction of sp³-hybridized carbons (Fsp3) is 0.500. The quantitative estimate of drug-likeness (QED) is 0.583. The van der Waals surface area contributed by atoms with E-state index in [1.165, 1.54) is 6.07 Å². The maximum absolute atomic E-state index is 12.5. The van der Waals surface area contributed by atoms with Crippen LogP contribution >= 0.6 is 28.6 Å². The first-order valence-electron chi connectivity index (χ1n) is 6.25. The summed E-state index contributed by atoms with van der Waals surface area (Å²) in [6.07, 6.45) is -0.383. The minimum atomic E-state index is -0.567. The molecular formula is C14H20BrF2NO2S. The number of halogens is 3. The molecule has 0 bridgehead atoms. The number of alkyl carbamates (subject to hydrolysis) is 1. The number of nitrogens with one attached hydrogen (secondary N) is 1. The van der Waals surface area contributed by atoms with Crippen LogP contribution < -0.4 is 5.32 Å². The van der Waals surface area contributed by atoms with Crippen LogP contribution in [0.25, 0.3) is 0 Å². The highest BCUT2D eigenvalue weighted by atomic mass is 79.9. The Morgan fingerprint density at radius 3 is 2.33 bits per heavy atom. The van der Waals surface area contributed by atoms with E-state index in [1.54, 1.807) is 6.92 Å². The number of carbonyl (C=O) groups excluding carboxylic acids is 1. The normalized spacial score (nSPS) is 10.5. The molecule has 0 saturated heterocycles. The third-order valence-electron chi connectivity index (χ3n) is 1.98. The summed E-state index contributed by atoms with van der Waals surface area (Å²) in [6.45, 7) is 7.60. The molecule has 0 atom stereocenters. The molecule has 0 radical (unpaired) electrons. The van der Waals surface area contributed by atoms with Gasteiger partial charge < -0.3 is 10.1 Å². The van der Waals surface area contributed by atoms with Crippen molar-refractivity contribution < 1.29 is 18.3 Å². The van der Waals surface area contributed by atoms with Crippen LogP contribution in [0.1, 0.15) is 26.3 Å². The van der Waals surface area contributed by atoms with Crippen LogP contribution in [0.5, 0.6) is 0 Å². The Bertz CT molecular complexity index is 429. The van der Waals surface area contributed by atoms with Gasteiger partial charge in [-0.3, -0.25) is 0 Å². The Labute approximate surface area is 138 Å². The molecule has 0 aliphatic carbocycles. The summed E-state index contributed by atoms with van der Waals surface area (Å²) in [5.74, 6) is -0.456. The number of ether oxygens (including phenoxy) is 1. The standard InChI is InChI=1S/C7H5BrF2.C7H15NO2S/c1-4-2-5(8)7(10)3-6(4)9;1-7(2,3)10-6(9)8-4-5-11/h2-3H,1H3;11H,4-5H2,1-3H3,(H,8,9). The van der Waals surface area contributed by atoms with Gasteiger partial charge in [0.15, 0.2) is 0 Å². The van der Waals surface area contributed by atoms with E-state index in [9.17, 15) is 13.6 Å². The summed E-state index contributed by atoms with van der Waals surface area (Å²) in [5.41, 5.74) is 0.0222. The molecule has 7 heteroatoms. The molecule has 0 heterocycles. The molecule has 0 aliphatic rings. The van der Waals surface area contributed by atoms with E-state index >= 15 is 0 Å². The van der Waals surface area contributed by atoms with E-state index in [0.29, 0.717) is 22.3 Å². The highest BCUT2D eigenvalue weighted by molar-refractivity contribution is 9.10. The predicted octanol–water partition coefficient (Wildman–Crippen LogP) is 4.48. The van der Waals surface area contributed by atoms with Gasteiger partial charge in [0, 0.05) is 18.4 Å². The summed E-state index contributed by atoms with van der Waals surface area (Å²) in [6, 6.07) is 2.27. The Kier molecular flexibility index (Phi) is 8.89. The Morgan fingerprint density at radius 2 is 1.90 bits per heavy atom. The Balaban J connectivity index is 0.000000382. The van der Waals surface area contributed by atoms with Crippen LogP contribution in [-0.4, -0.2) is 24.0 Å². The van der Waals surface area contributed by atoms with Crippen molar-refractivity contribution in [2.24, 2.45) is 0 Å². The van der Waals surface area contributed by atoms with Gasteiger partial charge in [-0.25, -0.2) is 13.6 Å². The van der Waals surface area contributed by atoms with Crippen LogP contribution in [-0.2, 0) is 4.74 Å². The van der Waals surface area contributed by atoms with E-state index in [0.717, 1.165) is 6.07 Å². The molecule has 1 aromatic rings. The highest BCUT2D eigenvalue weighted by Gasteiger charge is 2.14. The van der Waals surface area contributed by atoms with Crippen molar-refractivity contribution in [1.82, 2.24) is 5.32 Å². The fourth-order valence-corrected chi connectivity index (χ4v) is 1.66. The number of hydrogen-bond acceptors (Lipinski definition) is 3. The van der Waals surface area contributed by atoms with E-state index in [2.05, 4.69) is 33.9 Å². The second-order valence-corrected chi connectivity index (χ2v) is 6.47. The summed E-state index contributed by atoms with van der Waals surface area (Å²) in [4.78, 5) is 10.9. The van der Waals surface area contributed by atoms with Crippen molar-refractivity contribution in [3.8, 4) is 0 Å². The lowest BCUT2D eigenvalue weighted by molar-refractivity contribution is 0.0531. The number of benzene rings is 1. The summed E-state index contributed by atoms with van der Waals surface area (Å²) in [5, 5.41) is 2.55. The fourth-order valence-electron chi connectivity index (χ4n) is 1.09. The molecule has 0 saturated carbocycles. The molecule has 1 N–H and O–H groups in total. The number of carbonyl (C=O) groups is 1. The van der Waals surface area contributed by atoms with Gasteiger partial charge in [0.25, 0.3) is 0 Å². The van der Waals surface area contributed by atoms with E-state index in [1.807, 2.05) is 20.8 Å². The number of rotatable bonds is 2. The lowest BCUT2D eigenvalue weighted by atomic mass is 10.2. The van der Waals surface area contributed by atoms with Gasteiger partial charge in [0.2, 0.25) is 0 Å². The van der Waals surface area contributed by atoms with Crippen molar-refractivity contribution >= 4 is 34.7 Å². The topological polar surface area (TPSA) is 38.3 Å². The van der Waals surface area contributed by atoms with Gasteiger partial charge in [0.05, 0.1) is 4.47 Å². The third-order valence-corrected chi connectivity index (χ3v) is 2.81. The SMILES string of the molecule is CC(C)(C)OC(=O)NCCS.Cc1cc(Br)c(F)cc1F. The Morgan fingerprint density at radius 1 is 1.33 bits per heavy atom. The van der Waals surface area contributed by atoms with Crippen molar-refractivity contribution in [3.05, 3.63) is 33.8 Å². The molecule has 0 spiro atoms. The van der Waals surface area contributed by atoms with Gasteiger partial charge in [-0.05, 0) is 55.3 Å². The Hall–Kier alpha value is -0.820. The molecular weight excluding hydrogens is 364 g/mol. The average Bonchev–Trinajstić information content (AvgIpc) is 2.33. The zero-order chi connectivity index (χ0) is 16.6. The minimum Gasteiger partial charge on any atom is -0.444 e. The van der Waals surface area contributed by atoms with Crippen molar-refractivity contribution in [2.45, 2.75) is 33.3 Å². The minimum absolute atomic E-state index is 0.298. The van der Waals surface area contributed by atoms with Gasteiger partial charge in [-0.2, -0.15) is 12.6 Å². The van der Waals surface area contributed by atoms with Crippen molar-refractivity contribution in [1.29, 1.82) is 0 Å². The van der Waals surface area contributed by atoms with Crippen molar-refractivity contribution in [3.63, 3.8) is 0 Å². The predicted molar refractivity (Wildman–Crippen MR) is 86.9 cm³/mol. The largest absolute Gasteiger partial charge is 0.444 e. The van der Waals surface area contributed by atoms with Crippen LogP contribution in [0.2, 0.25) is 0 Å². The van der Waals surface area contributed by atoms with Crippen LogP contribution in [0, 0.1) is 18.6 Å². The highest BCUT2D eigenvalue weighted by Crippen LogP contribution is 2.18. The first-order chi connectivity index (χ1) is 9.56. The maximum Gasteiger partial charge on any atom is 0.407 e. The van der Waals surface area contributed by atoms with E-state index in [-0.39, 0.29) is 6.09 Å². The molecule has 0 aromatic heterocycles. The molecule has 0 aliphatic heterocycles. The molecule has 0 fully saturated rings.